The first-order valence-corrected chi connectivity index (χ1v) is 5.45. The quantitative estimate of drug-likeness (QED) is 0.712. The summed E-state index contributed by atoms with van der Waals surface area (Å²) in [5.41, 5.74) is 3.81. The van der Waals surface area contributed by atoms with Crippen LogP contribution in [0.15, 0.2) is 36.4 Å². The summed E-state index contributed by atoms with van der Waals surface area (Å²) in [5, 5.41) is 0. The zero-order chi connectivity index (χ0) is 12.4. The molecule has 0 radical (unpaired) electrons. The SMILES string of the molecule is Cc1cccc(C)c1-c1cccc(F)c1C=O. The second-order valence-corrected chi connectivity index (χ2v) is 4.09. The van der Waals surface area contributed by atoms with E-state index in [9.17, 15) is 9.18 Å². The van der Waals surface area contributed by atoms with Gasteiger partial charge in [-0.3, -0.25) is 4.79 Å². The average molecular weight is 228 g/mol. The van der Waals surface area contributed by atoms with Crippen LogP contribution in [0.25, 0.3) is 11.1 Å². The van der Waals surface area contributed by atoms with Crippen LogP contribution in [0.2, 0.25) is 0 Å². The van der Waals surface area contributed by atoms with Gasteiger partial charge in [-0.2, -0.15) is 0 Å². The molecule has 0 amide bonds. The Balaban J connectivity index is 2.77. The number of hydrogen-bond acceptors (Lipinski definition) is 1. The molecular formula is C15H13FO. The standard InChI is InChI=1S/C15H13FO/c1-10-5-3-6-11(2)15(10)12-7-4-8-14(16)13(12)9-17/h3-9H,1-2H3. The molecule has 0 fully saturated rings. The number of aldehydes is 1. The van der Waals surface area contributed by atoms with E-state index in [1.807, 2.05) is 32.0 Å². The summed E-state index contributed by atoms with van der Waals surface area (Å²) in [6.45, 7) is 3.92. The number of benzene rings is 2. The van der Waals surface area contributed by atoms with Crippen molar-refractivity contribution in [3.05, 3.63) is 58.9 Å². The monoisotopic (exact) mass is 228 g/mol. The van der Waals surface area contributed by atoms with Crippen LogP contribution in [0.1, 0.15) is 21.5 Å². The van der Waals surface area contributed by atoms with E-state index in [1.54, 1.807) is 12.1 Å². The van der Waals surface area contributed by atoms with Crippen LogP contribution < -0.4 is 0 Å². The molecule has 2 rings (SSSR count). The predicted molar refractivity (Wildman–Crippen MR) is 66.7 cm³/mol. The fraction of sp³-hybridized carbons (Fsp3) is 0.133. The molecule has 2 aromatic rings. The van der Waals surface area contributed by atoms with Crippen molar-refractivity contribution < 1.29 is 9.18 Å². The third-order valence-corrected chi connectivity index (χ3v) is 2.92. The third kappa shape index (κ3) is 1.98. The van der Waals surface area contributed by atoms with Crippen LogP contribution in [-0.2, 0) is 0 Å². The highest BCUT2D eigenvalue weighted by molar-refractivity contribution is 5.89. The van der Waals surface area contributed by atoms with Crippen molar-refractivity contribution in [2.24, 2.45) is 0 Å². The summed E-state index contributed by atoms with van der Waals surface area (Å²) in [7, 11) is 0. The molecule has 17 heavy (non-hydrogen) atoms. The Morgan fingerprint density at radius 1 is 1.00 bits per heavy atom. The molecule has 0 unspecified atom stereocenters. The summed E-state index contributed by atoms with van der Waals surface area (Å²) in [4.78, 5) is 11.0. The van der Waals surface area contributed by atoms with Gasteiger partial charge in [-0.05, 0) is 42.2 Å². The number of carbonyl (C=O) groups is 1. The smallest absolute Gasteiger partial charge is 0.153 e. The molecular weight excluding hydrogens is 215 g/mol. The molecule has 0 saturated carbocycles. The summed E-state index contributed by atoms with van der Waals surface area (Å²) in [6.07, 6.45) is 0.580. The van der Waals surface area contributed by atoms with Gasteiger partial charge in [0.25, 0.3) is 0 Å². The number of carbonyl (C=O) groups excluding carboxylic acids is 1. The van der Waals surface area contributed by atoms with Gasteiger partial charge in [-0.1, -0.05) is 30.3 Å². The first kappa shape index (κ1) is 11.5. The summed E-state index contributed by atoms with van der Waals surface area (Å²) >= 11 is 0. The largest absolute Gasteiger partial charge is 0.298 e. The van der Waals surface area contributed by atoms with Gasteiger partial charge in [0.2, 0.25) is 0 Å². The minimum absolute atomic E-state index is 0.130. The van der Waals surface area contributed by atoms with E-state index in [0.717, 1.165) is 16.7 Å². The highest BCUT2D eigenvalue weighted by Crippen LogP contribution is 2.30. The molecule has 0 bridgehead atoms. The van der Waals surface area contributed by atoms with Crippen LogP contribution in [0.3, 0.4) is 0 Å². The molecule has 2 heteroatoms. The Labute approximate surface area is 99.9 Å². The molecule has 0 aliphatic carbocycles. The Morgan fingerprint density at radius 3 is 2.18 bits per heavy atom. The zero-order valence-electron chi connectivity index (χ0n) is 9.83. The highest BCUT2D eigenvalue weighted by Gasteiger charge is 2.12. The number of aryl methyl sites for hydroxylation is 2. The van der Waals surface area contributed by atoms with E-state index in [2.05, 4.69) is 0 Å². The normalized spacial score (nSPS) is 10.3. The Kier molecular flexibility index (Phi) is 3.05. The first-order chi connectivity index (χ1) is 8.15. The zero-order valence-corrected chi connectivity index (χ0v) is 9.83. The molecule has 86 valence electrons. The highest BCUT2D eigenvalue weighted by atomic mass is 19.1. The van der Waals surface area contributed by atoms with Crippen LogP contribution in [0.5, 0.6) is 0 Å². The van der Waals surface area contributed by atoms with E-state index in [0.29, 0.717) is 11.8 Å². The minimum Gasteiger partial charge on any atom is -0.298 e. The van der Waals surface area contributed by atoms with Crippen molar-refractivity contribution in [1.29, 1.82) is 0 Å². The molecule has 2 aromatic carbocycles. The van der Waals surface area contributed by atoms with Gasteiger partial charge in [-0.15, -0.1) is 0 Å². The molecule has 0 heterocycles. The maximum Gasteiger partial charge on any atom is 0.153 e. The van der Waals surface area contributed by atoms with Crippen LogP contribution in [0, 0.1) is 19.7 Å². The maximum atomic E-state index is 13.6. The number of rotatable bonds is 2. The van der Waals surface area contributed by atoms with E-state index in [1.165, 1.54) is 6.07 Å². The predicted octanol–water partition coefficient (Wildman–Crippen LogP) is 3.92. The third-order valence-electron chi connectivity index (χ3n) is 2.92. The first-order valence-electron chi connectivity index (χ1n) is 5.45. The van der Waals surface area contributed by atoms with Gasteiger partial charge in [0.1, 0.15) is 5.82 Å². The van der Waals surface area contributed by atoms with Crippen molar-refractivity contribution in [3.63, 3.8) is 0 Å². The van der Waals surface area contributed by atoms with Crippen LogP contribution in [-0.4, -0.2) is 6.29 Å². The van der Waals surface area contributed by atoms with E-state index in [-0.39, 0.29) is 5.56 Å². The fourth-order valence-corrected chi connectivity index (χ4v) is 2.11. The summed E-state index contributed by atoms with van der Waals surface area (Å²) < 4.78 is 13.6. The second kappa shape index (κ2) is 4.50. The molecule has 0 aromatic heterocycles. The van der Waals surface area contributed by atoms with Crippen molar-refractivity contribution >= 4 is 6.29 Å². The lowest BCUT2D eigenvalue weighted by Gasteiger charge is -2.12. The Hall–Kier alpha value is -1.96. The lowest BCUT2D eigenvalue weighted by molar-refractivity contribution is 0.112. The molecule has 0 saturated heterocycles. The number of hydrogen-bond donors (Lipinski definition) is 0. The van der Waals surface area contributed by atoms with Gasteiger partial charge < -0.3 is 0 Å². The fourth-order valence-electron chi connectivity index (χ4n) is 2.11. The number of halogens is 1. The van der Waals surface area contributed by atoms with Crippen LogP contribution in [0.4, 0.5) is 4.39 Å². The van der Waals surface area contributed by atoms with Gasteiger partial charge in [-0.25, -0.2) is 4.39 Å². The molecule has 0 N–H and O–H groups in total. The Bertz CT molecular complexity index is 553. The minimum atomic E-state index is -0.472. The summed E-state index contributed by atoms with van der Waals surface area (Å²) in [5.74, 6) is -0.472. The second-order valence-electron chi connectivity index (χ2n) is 4.09. The molecule has 0 aliphatic heterocycles. The van der Waals surface area contributed by atoms with Crippen molar-refractivity contribution in [1.82, 2.24) is 0 Å². The lowest BCUT2D eigenvalue weighted by Crippen LogP contribution is -1.96. The van der Waals surface area contributed by atoms with Crippen LogP contribution >= 0.6 is 0 Å². The van der Waals surface area contributed by atoms with Gasteiger partial charge >= 0.3 is 0 Å². The summed E-state index contributed by atoms with van der Waals surface area (Å²) in [6, 6.07) is 10.6. The van der Waals surface area contributed by atoms with Gasteiger partial charge in [0.15, 0.2) is 6.29 Å². The van der Waals surface area contributed by atoms with E-state index in [4.69, 9.17) is 0 Å². The molecule has 0 spiro atoms. The van der Waals surface area contributed by atoms with Crippen molar-refractivity contribution in [2.45, 2.75) is 13.8 Å². The average Bonchev–Trinajstić information content (AvgIpc) is 2.29. The van der Waals surface area contributed by atoms with Gasteiger partial charge in [0.05, 0.1) is 5.56 Å². The van der Waals surface area contributed by atoms with Crippen molar-refractivity contribution in [3.8, 4) is 11.1 Å². The van der Waals surface area contributed by atoms with E-state index < -0.39 is 5.82 Å². The molecule has 0 atom stereocenters. The maximum absolute atomic E-state index is 13.6. The lowest BCUT2D eigenvalue weighted by atomic mass is 9.92. The topological polar surface area (TPSA) is 17.1 Å². The van der Waals surface area contributed by atoms with Gasteiger partial charge in [0, 0.05) is 0 Å². The Morgan fingerprint density at radius 2 is 1.59 bits per heavy atom. The molecule has 1 nitrogen and oxygen atoms in total. The van der Waals surface area contributed by atoms with E-state index >= 15 is 0 Å². The molecule has 0 aliphatic rings. The van der Waals surface area contributed by atoms with Crippen molar-refractivity contribution in [2.75, 3.05) is 0 Å².